The topological polar surface area (TPSA) is 72.9 Å². The van der Waals surface area contributed by atoms with Gasteiger partial charge in [0.25, 0.3) is 0 Å². The fraction of sp³-hybridized carbons (Fsp3) is 0.692. The lowest BCUT2D eigenvalue weighted by Gasteiger charge is -2.14. The zero-order chi connectivity index (χ0) is 13.7. The number of nitrogens with two attached hydrogens (primary N) is 1. The lowest BCUT2D eigenvalue weighted by molar-refractivity contribution is -0.124. The molecule has 1 unspecified atom stereocenters. The second-order valence-corrected chi connectivity index (χ2v) is 4.70. The third kappa shape index (κ3) is 3.24. The number of hydrogen-bond donors (Lipinski definition) is 2. The summed E-state index contributed by atoms with van der Waals surface area (Å²) in [6, 6.07) is -0.317. The first-order valence-electron chi connectivity index (χ1n) is 6.57. The van der Waals surface area contributed by atoms with Crippen LogP contribution in [0, 0.1) is 13.8 Å². The second kappa shape index (κ2) is 6.42. The number of nitrogens with one attached hydrogen (secondary N) is 1. The van der Waals surface area contributed by atoms with Crippen LogP contribution < -0.4 is 11.1 Å². The molecule has 0 aromatic carbocycles. The number of aryl methyl sites for hydroxylation is 1. The first-order valence-corrected chi connectivity index (χ1v) is 6.57. The maximum Gasteiger partial charge on any atom is 0.244 e. The van der Waals surface area contributed by atoms with Crippen molar-refractivity contribution in [2.24, 2.45) is 0 Å². The van der Waals surface area contributed by atoms with Crippen LogP contribution in [0.25, 0.3) is 0 Å². The largest absolute Gasteiger partial charge is 0.396 e. The van der Waals surface area contributed by atoms with E-state index in [2.05, 4.69) is 17.3 Å². The molecule has 1 rings (SSSR count). The van der Waals surface area contributed by atoms with Crippen LogP contribution in [0.5, 0.6) is 0 Å². The number of anilines is 1. The highest BCUT2D eigenvalue weighted by Gasteiger charge is 2.19. The lowest BCUT2D eigenvalue weighted by Crippen LogP contribution is -2.32. The zero-order valence-corrected chi connectivity index (χ0v) is 11.8. The minimum atomic E-state index is -0.317. The normalized spacial score (nSPS) is 12.4. The van der Waals surface area contributed by atoms with Crippen molar-refractivity contribution < 1.29 is 4.79 Å². The molecule has 18 heavy (non-hydrogen) atoms. The highest BCUT2D eigenvalue weighted by Crippen LogP contribution is 2.19. The van der Waals surface area contributed by atoms with Crippen molar-refractivity contribution in [1.82, 2.24) is 15.1 Å². The van der Waals surface area contributed by atoms with Gasteiger partial charge in [-0.15, -0.1) is 0 Å². The molecule has 0 bridgehead atoms. The van der Waals surface area contributed by atoms with Crippen molar-refractivity contribution in [1.29, 1.82) is 0 Å². The summed E-state index contributed by atoms with van der Waals surface area (Å²) < 4.78 is 1.69. The van der Waals surface area contributed by atoms with Gasteiger partial charge in [-0.1, -0.05) is 19.8 Å². The van der Waals surface area contributed by atoms with Crippen LogP contribution >= 0.6 is 0 Å². The zero-order valence-electron chi connectivity index (χ0n) is 11.8. The van der Waals surface area contributed by atoms with E-state index in [0.717, 1.165) is 37.2 Å². The summed E-state index contributed by atoms with van der Waals surface area (Å²) in [5.41, 5.74) is 8.16. The summed E-state index contributed by atoms with van der Waals surface area (Å²) in [7, 11) is 0. The monoisotopic (exact) mass is 252 g/mol. The van der Waals surface area contributed by atoms with E-state index in [4.69, 9.17) is 5.73 Å². The van der Waals surface area contributed by atoms with Gasteiger partial charge >= 0.3 is 0 Å². The average Bonchev–Trinajstić information content (AvgIpc) is 2.61. The number of aromatic nitrogens is 2. The minimum Gasteiger partial charge on any atom is -0.396 e. The summed E-state index contributed by atoms with van der Waals surface area (Å²) in [5.74, 6) is -0.00305. The fourth-order valence-corrected chi connectivity index (χ4v) is 1.90. The predicted octanol–water partition coefficient (Wildman–Crippen LogP) is 1.95. The molecule has 5 nitrogen and oxygen atoms in total. The highest BCUT2D eigenvalue weighted by atomic mass is 16.2. The molecule has 1 aromatic rings. The third-order valence-corrected chi connectivity index (χ3v) is 3.21. The van der Waals surface area contributed by atoms with Crippen LogP contribution in [-0.2, 0) is 4.79 Å². The summed E-state index contributed by atoms with van der Waals surface area (Å²) in [5, 5.41) is 7.24. The van der Waals surface area contributed by atoms with E-state index in [9.17, 15) is 4.79 Å². The molecule has 5 heteroatoms. The maximum atomic E-state index is 12.0. The van der Waals surface area contributed by atoms with E-state index in [1.807, 2.05) is 20.8 Å². The van der Waals surface area contributed by atoms with Crippen LogP contribution in [0.1, 0.15) is 50.5 Å². The number of carbonyl (C=O) groups is 1. The van der Waals surface area contributed by atoms with Gasteiger partial charge in [0.2, 0.25) is 5.91 Å². The van der Waals surface area contributed by atoms with Gasteiger partial charge in [-0.3, -0.25) is 9.48 Å². The molecule has 0 aliphatic heterocycles. The van der Waals surface area contributed by atoms with Crippen LogP contribution in [0.2, 0.25) is 0 Å². The first kappa shape index (κ1) is 14.5. The molecule has 0 aliphatic carbocycles. The third-order valence-electron chi connectivity index (χ3n) is 3.21. The average molecular weight is 252 g/mol. The number of carbonyl (C=O) groups excluding carboxylic acids is 1. The van der Waals surface area contributed by atoms with E-state index in [1.54, 1.807) is 4.68 Å². The smallest absolute Gasteiger partial charge is 0.244 e. The molecule has 1 heterocycles. The standard InChI is InChI=1S/C13H24N4O/c1-5-6-7-8-15-13(18)11(4)17-10(3)12(14)9(2)16-17/h11H,5-8,14H2,1-4H3,(H,15,18). The Morgan fingerprint density at radius 3 is 2.61 bits per heavy atom. The van der Waals surface area contributed by atoms with Crippen LogP contribution in [0.3, 0.4) is 0 Å². The molecular weight excluding hydrogens is 228 g/mol. The summed E-state index contributed by atoms with van der Waals surface area (Å²) in [6.07, 6.45) is 3.31. The molecular formula is C13H24N4O. The highest BCUT2D eigenvalue weighted by molar-refractivity contribution is 5.80. The van der Waals surface area contributed by atoms with Crippen molar-refractivity contribution in [3.05, 3.63) is 11.4 Å². The number of amides is 1. The molecule has 0 aliphatic rings. The molecule has 1 amide bonds. The SMILES string of the molecule is CCCCCNC(=O)C(C)n1nc(C)c(N)c1C. The number of nitrogens with zero attached hydrogens (tertiary/aromatic N) is 2. The molecule has 3 N–H and O–H groups in total. The molecule has 0 spiro atoms. The van der Waals surface area contributed by atoms with Gasteiger partial charge in [0.1, 0.15) is 6.04 Å². The Bertz CT molecular complexity index is 411. The number of unbranched alkanes of at least 4 members (excludes halogenated alkanes) is 2. The van der Waals surface area contributed by atoms with Gasteiger partial charge in [-0.05, 0) is 27.2 Å². The fourth-order valence-electron chi connectivity index (χ4n) is 1.90. The molecule has 0 saturated carbocycles. The van der Waals surface area contributed by atoms with Crippen molar-refractivity contribution in [3.63, 3.8) is 0 Å². The summed E-state index contributed by atoms with van der Waals surface area (Å²) in [6.45, 7) is 8.45. The molecule has 1 atom stereocenters. The number of nitrogen functional groups attached to an aromatic ring is 1. The van der Waals surface area contributed by atoms with Crippen molar-refractivity contribution in [3.8, 4) is 0 Å². The molecule has 1 aromatic heterocycles. The van der Waals surface area contributed by atoms with Gasteiger partial charge in [-0.25, -0.2) is 0 Å². The van der Waals surface area contributed by atoms with E-state index in [1.165, 1.54) is 0 Å². The first-order chi connectivity index (χ1) is 8.49. The Labute approximate surface area is 109 Å². The Morgan fingerprint density at radius 2 is 2.11 bits per heavy atom. The van der Waals surface area contributed by atoms with Crippen LogP contribution in [-0.4, -0.2) is 22.2 Å². The van der Waals surface area contributed by atoms with Gasteiger partial charge in [-0.2, -0.15) is 5.10 Å². The maximum absolute atomic E-state index is 12.0. The van der Waals surface area contributed by atoms with Crippen molar-refractivity contribution in [2.75, 3.05) is 12.3 Å². The Kier molecular flexibility index (Phi) is 5.19. The van der Waals surface area contributed by atoms with Gasteiger partial charge in [0.05, 0.1) is 17.1 Å². The van der Waals surface area contributed by atoms with E-state index in [0.29, 0.717) is 5.69 Å². The van der Waals surface area contributed by atoms with Gasteiger partial charge in [0.15, 0.2) is 0 Å². The molecule has 0 fully saturated rings. The Hall–Kier alpha value is -1.52. The number of hydrogen-bond acceptors (Lipinski definition) is 3. The van der Waals surface area contributed by atoms with E-state index in [-0.39, 0.29) is 11.9 Å². The number of rotatable bonds is 6. The summed E-state index contributed by atoms with van der Waals surface area (Å²) in [4.78, 5) is 12.0. The van der Waals surface area contributed by atoms with E-state index < -0.39 is 0 Å². The molecule has 102 valence electrons. The lowest BCUT2D eigenvalue weighted by atomic mass is 10.2. The second-order valence-electron chi connectivity index (χ2n) is 4.70. The van der Waals surface area contributed by atoms with Gasteiger partial charge in [0, 0.05) is 6.54 Å². The summed E-state index contributed by atoms with van der Waals surface area (Å²) >= 11 is 0. The van der Waals surface area contributed by atoms with Crippen LogP contribution in [0.15, 0.2) is 0 Å². The van der Waals surface area contributed by atoms with Crippen molar-refractivity contribution >= 4 is 11.6 Å². The molecule has 0 radical (unpaired) electrons. The molecule has 0 saturated heterocycles. The van der Waals surface area contributed by atoms with E-state index >= 15 is 0 Å². The van der Waals surface area contributed by atoms with Crippen LogP contribution in [0.4, 0.5) is 5.69 Å². The Morgan fingerprint density at radius 1 is 1.44 bits per heavy atom. The Balaban J connectivity index is 2.60. The minimum absolute atomic E-state index is 0.00305. The predicted molar refractivity (Wildman–Crippen MR) is 73.4 cm³/mol. The van der Waals surface area contributed by atoms with Gasteiger partial charge < -0.3 is 11.1 Å². The quantitative estimate of drug-likeness (QED) is 0.760. The van der Waals surface area contributed by atoms with Crippen molar-refractivity contribution in [2.45, 2.75) is 53.0 Å².